The van der Waals surface area contributed by atoms with Gasteiger partial charge in [0.25, 0.3) is 5.13 Å². The lowest BCUT2D eigenvalue weighted by molar-refractivity contribution is 0.475. The molecule has 2 aromatic heterocycles. The zero-order valence-electron chi connectivity index (χ0n) is 10.2. The average Bonchev–Trinajstić information content (AvgIpc) is 2.97. The van der Waals surface area contributed by atoms with Gasteiger partial charge in [0.1, 0.15) is 5.75 Å². The molecule has 7 heteroatoms. The molecule has 0 saturated carbocycles. The van der Waals surface area contributed by atoms with Crippen molar-refractivity contribution in [2.75, 3.05) is 0 Å². The fourth-order valence-electron chi connectivity index (χ4n) is 1.48. The lowest BCUT2D eigenvalue weighted by atomic mass is 10.3. The van der Waals surface area contributed by atoms with E-state index in [4.69, 9.17) is 0 Å². The molecule has 0 aliphatic carbocycles. The Hall–Kier alpha value is -2.67. The molecule has 0 fully saturated rings. The van der Waals surface area contributed by atoms with Gasteiger partial charge in [0, 0.05) is 18.0 Å². The van der Waals surface area contributed by atoms with Crippen LogP contribution in [0.15, 0.2) is 59.0 Å². The van der Waals surface area contributed by atoms with E-state index in [0.717, 1.165) is 10.6 Å². The van der Waals surface area contributed by atoms with E-state index in [9.17, 15) is 5.11 Å². The molecule has 1 N–H and O–H groups in total. The Morgan fingerprint density at radius 2 is 1.85 bits per heavy atom. The first-order valence-electron chi connectivity index (χ1n) is 5.76. The van der Waals surface area contributed by atoms with Crippen LogP contribution in [0.1, 0.15) is 0 Å². The van der Waals surface area contributed by atoms with E-state index in [1.165, 1.54) is 11.3 Å². The molecule has 20 heavy (non-hydrogen) atoms. The largest absolute Gasteiger partial charge is 0.508 e. The second-order valence-electron chi connectivity index (χ2n) is 3.85. The second-order valence-corrected chi connectivity index (χ2v) is 4.80. The minimum atomic E-state index is 0.193. The maximum Gasteiger partial charge on any atom is 0.252 e. The van der Waals surface area contributed by atoms with Gasteiger partial charge >= 0.3 is 0 Å². The summed E-state index contributed by atoms with van der Waals surface area (Å²) in [6, 6.07) is 10.2. The molecule has 0 unspecified atom stereocenters. The highest BCUT2D eigenvalue weighted by atomic mass is 32.1. The number of hydrogen-bond acceptors (Lipinski definition) is 7. The molecule has 0 aliphatic heterocycles. The lowest BCUT2D eigenvalue weighted by Crippen LogP contribution is -1.76. The molecular weight excluding hydrogens is 274 g/mol. The number of azo groups is 1. The van der Waals surface area contributed by atoms with E-state index in [1.54, 1.807) is 36.7 Å². The number of pyridine rings is 1. The summed E-state index contributed by atoms with van der Waals surface area (Å²) >= 11 is 1.34. The van der Waals surface area contributed by atoms with E-state index in [0.29, 0.717) is 10.8 Å². The smallest absolute Gasteiger partial charge is 0.252 e. The molecule has 98 valence electrons. The second kappa shape index (κ2) is 5.54. The van der Waals surface area contributed by atoms with Gasteiger partial charge in [-0.05, 0) is 36.4 Å². The third-order valence-corrected chi connectivity index (χ3v) is 3.28. The molecule has 0 aliphatic rings. The van der Waals surface area contributed by atoms with E-state index >= 15 is 0 Å². The molecule has 0 spiro atoms. The van der Waals surface area contributed by atoms with Gasteiger partial charge in [-0.3, -0.25) is 4.98 Å². The first-order valence-corrected chi connectivity index (χ1v) is 6.57. The molecule has 6 nitrogen and oxygen atoms in total. The van der Waals surface area contributed by atoms with Crippen molar-refractivity contribution in [1.29, 1.82) is 0 Å². The zero-order valence-corrected chi connectivity index (χ0v) is 11.0. The summed E-state index contributed by atoms with van der Waals surface area (Å²) < 4.78 is 0. The molecule has 3 rings (SSSR count). The van der Waals surface area contributed by atoms with Crippen LogP contribution in [0.25, 0.3) is 10.6 Å². The molecule has 1 aromatic carbocycles. The zero-order chi connectivity index (χ0) is 13.8. The van der Waals surface area contributed by atoms with Crippen molar-refractivity contribution >= 4 is 22.2 Å². The molecule has 0 atom stereocenters. The molecule has 2 heterocycles. The summed E-state index contributed by atoms with van der Waals surface area (Å²) in [4.78, 5) is 4.03. The quantitative estimate of drug-likeness (QED) is 0.742. The summed E-state index contributed by atoms with van der Waals surface area (Å²) in [5.74, 6) is 0.193. The number of phenolic OH excluding ortho intramolecular Hbond substituents is 1. The fourth-order valence-corrected chi connectivity index (χ4v) is 2.14. The molecule has 0 amide bonds. The standard InChI is InChI=1S/C13H9N5OS/c19-11-5-3-10(4-6-11)15-17-13-18-16-12(20-13)9-2-1-7-14-8-9/h1-8,19H. The number of aromatic nitrogens is 3. The van der Waals surface area contributed by atoms with Crippen LogP contribution < -0.4 is 0 Å². The van der Waals surface area contributed by atoms with E-state index in [1.807, 2.05) is 12.1 Å². The summed E-state index contributed by atoms with van der Waals surface area (Å²) in [6.45, 7) is 0. The minimum Gasteiger partial charge on any atom is -0.508 e. The summed E-state index contributed by atoms with van der Waals surface area (Å²) in [5.41, 5.74) is 1.54. The summed E-state index contributed by atoms with van der Waals surface area (Å²) in [7, 11) is 0. The monoisotopic (exact) mass is 283 g/mol. The van der Waals surface area contributed by atoms with Crippen molar-refractivity contribution in [2.45, 2.75) is 0 Å². The van der Waals surface area contributed by atoms with Crippen molar-refractivity contribution in [2.24, 2.45) is 10.2 Å². The Morgan fingerprint density at radius 3 is 2.60 bits per heavy atom. The predicted molar refractivity (Wildman–Crippen MR) is 75.4 cm³/mol. The maximum absolute atomic E-state index is 9.17. The van der Waals surface area contributed by atoms with Gasteiger partial charge in [0.15, 0.2) is 5.01 Å². The first-order chi connectivity index (χ1) is 9.81. The van der Waals surface area contributed by atoms with Gasteiger partial charge in [-0.15, -0.1) is 20.4 Å². The van der Waals surface area contributed by atoms with Gasteiger partial charge in [0.05, 0.1) is 5.69 Å². The lowest BCUT2D eigenvalue weighted by Gasteiger charge is -1.91. The average molecular weight is 283 g/mol. The Kier molecular flexibility index (Phi) is 3.42. The summed E-state index contributed by atoms with van der Waals surface area (Å²) in [6.07, 6.45) is 3.43. The highest BCUT2D eigenvalue weighted by Crippen LogP contribution is 2.28. The van der Waals surface area contributed by atoms with Crippen molar-refractivity contribution < 1.29 is 5.11 Å². The number of nitrogens with zero attached hydrogens (tertiary/aromatic N) is 5. The number of hydrogen-bond donors (Lipinski definition) is 1. The molecule has 0 bridgehead atoms. The highest BCUT2D eigenvalue weighted by Gasteiger charge is 2.05. The van der Waals surface area contributed by atoms with Gasteiger partial charge in [-0.1, -0.05) is 11.3 Å². The molecule has 0 radical (unpaired) electrons. The number of phenols is 1. The number of rotatable bonds is 3. The van der Waals surface area contributed by atoms with Gasteiger partial charge < -0.3 is 5.11 Å². The van der Waals surface area contributed by atoms with Gasteiger partial charge in [-0.2, -0.15) is 0 Å². The first kappa shape index (κ1) is 12.4. The van der Waals surface area contributed by atoms with Crippen molar-refractivity contribution in [1.82, 2.24) is 15.2 Å². The van der Waals surface area contributed by atoms with E-state index < -0.39 is 0 Å². The Bertz CT molecular complexity index is 724. The number of benzene rings is 1. The van der Waals surface area contributed by atoms with E-state index in [-0.39, 0.29) is 5.75 Å². The fraction of sp³-hybridized carbons (Fsp3) is 0. The van der Waals surface area contributed by atoms with Gasteiger partial charge in [0.2, 0.25) is 0 Å². The van der Waals surface area contributed by atoms with Crippen molar-refractivity contribution in [3.63, 3.8) is 0 Å². The van der Waals surface area contributed by atoms with Crippen LogP contribution in [-0.2, 0) is 0 Å². The van der Waals surface area contributed by atoms with E-state index in [2.05, 4.69) is 25.4 Å². The topological polar surface area (TPSA) is 83.6 Å². The van der Waals surface area contributed by atoms with Crippen molar-refractivity contribution in [3.8, 4) is 16.3 Å². The van der Waals surface area contributed by atoms with Crippen LogP contribution in [-0.4, -0.2) is 20.3 Å². The minimum absolute atomic E-state index is 0.193. The Balaban J connectivity index is 1.79. The van der Waals surface area contributed by atoms with Crippen LogP contribution >= 0.6 is 11.3 Å². The normalized spacial score (nSPS) is 11.0. The molecule has 3 aromatic rings. The van der Waals surface area contributed by atoms with Crippen LogP contribution in [0.4, 0.5) is 10.8 Å². The van der Waals surface area contributed by atoms with Crippen LogP contribution in [0.3, 0.4) is 0 Å². The Morgan fingerprint density at radius 1 is 1.00 bits per heavy atom. The maximum atomic E-state index is 9.17. The Labute approximate surface area is 118 Å². The van der Waals surface area contributed by atoms with Crippen LogP contribution in [0, 0.1) is 0 Å². The third-order valence-electron chi connectivity index (χ3n) is 2.42. The molecule has 0 saturated heterocycles. The predicted octanol–water partition coefficient (Wildman–Crippen LogP) is 3.72. The van der Waals surface area contributed by atoms with Crippen molar-refractivity contribution in [3.05, 3.63) is 48.8 Å². The van der Waals surface area contributed by atoms with Crippen LogP contribution in [0.2, 0.25) is 0 Å². The third kappa shape index (κ3) is 2.83. The summed E-state index contributed by atoms with van der Waals surface area (Å²) in [5, 5.41) is 26.4. The van der Waals surface area contributed by atoms with Crippen LogP contribution in [0.5, 0.6) is 5.75 Å². The van der Waals surface area contributed by atoms with Gasteiger partial charge in [-0.25, -0.2) is 0 Å². The SMILES string of the molecule is Oc1ccc(N=Nc2nnc(-c3cccnc3)s2)cc1. The highest BCUT2D eigenvalue weighted by molar-refractivity contribution is 7.18. The number of aromatic hydroxyl groups is 1. The molecular formula is C13H9N5OS.